The lowest BCUT2D eigenvalue weighted by Crippen LogP contribution is -2.51. The van der Waals surface area contributed by atoms with Crippen molar-refractivity contribution in [3.63, 3.8) is 0 Å². The first-order valence-electron chi connectivity index (χ1n) is 6.28. The average molecular weight is 283 g/mol. The van der Waals surface area contributed by atoms with E-state index in [1.54, 1.807) is 30.3 Å². The zero-order valence-corrected chi connectivity index (χ0v) is 11.2. The van der Waals surface area contributed by atoms with Crippen molar-refractivity contribution in [2.75, 3.05) is 13.2 Å². The Bertz CT molecular complexity index is 466. The second-order valence-corrected chi connectivity index (χ2v) is 4.53. The van der Waals surface area contributed by atoms with Gasteiger partial charge < -0.3 is 15.5 Å². The van der Waals surface area contributed by atoms with Crippen LogP contribution >= 0.6 is 0 Å². The van der Waals surface area contributed by atoms with Crippen LogP contribution in [0.15, 0.2) is 30.3 Å². The highest BCUT2D eigenvalue weighted by Crippen LogP contribution is 2.27. The van der Waals surface area contributed by atoms with Crippen LogP contribution in [0.1, 0.15) is 23.7 Å². The first-order valence-corrected chi connectivity index (χ1v) is 6.28. The molecule has 0 unspecified atom stereocenters. The van der Waals surface area contributed by atoms with Gasteiger partial charge in [0.05, 0.1) is 0 Å². The molecule has 1 rings (SSSR count). The minimum absolute atomic E-state index is 0.00247. The van der Waals surface area contributed by atoms with E-state index < -0.39 is 30.1 Å². The third kappa shape index (κ3) is 3.33. The van der Waals surface area contributed by atoms with Gasteiger partial charge in [0.1, 0.15) is 18.2 Å². The molecule has 0 bridgehead atoms. The highest BCUT2D eigenvalue weighted by Gasteiger charge is 2.44. The summed E-state index contributed by atoms with van der Waals surface area (Å²) in [6.07, 6.45) is -1.66. The number of aliphatic carboxylic acids is 1. The van der Waals surface area contributed by atoms with Gasteiger partial charge in [-0.1, -0.05) is 25.1 Å². The summed E-state index contributed by atoms with van der Waals surface area (Å²) in [5.74, 6) is -1.80. The predicted octanol–water partition coefficient (Wildman–Crippen LogP) is 1.23. The number of carbonyl (C=O) groups excluding carboxylic acids is 1. The van der Waals surface area contributed by atoms with Gasteiger partial charge in [-0.25, -0.2) is 4.39 Å². The van der Waals surface area contributed by atoms with E-state index in [4.69, 9.17) is 0 Å². The van der Waals surface area contributed by atoms with Crippen LogP contribution in [0.5, 0.6) is 0 Å². The number of benzene rings is 1. The first-order chi connectivity index (χ1) is 9.47. The molecular formula is C14H18FNO4. The number of halogens is 1. The quantitative estimate of drug-likeness (QED) is 0.702. The lowest BCUT2D eigenvalue weighted by Gasteiger charge is -2.31. The molecule has 1 aromatic carbocycles. The maximum atomic E-state index is 12.7. The fourth-order valence-corrected chi connectivity index (χ4v) is 1.93. The molecule has 0 spiro atoms. The summed E-state index contributed by atoms with van der Waals surface area (Å²) < 4.78 is 12.7. The number of carbonyl (C=O) groups is 2. The molecule has 0 saturated heterocycles. The van der Waals surface area contributed by atoms with E-state index in [-0.39, 0.29) is 13.0 Å². The Morgan fingerprint density at radius 1 is 1.35 bits per heavy atom. The molecule has 110 valence electrons. The van der Waals surface area contributed by atoms with Gasteiger partial charge in [-0.2, -0.15) is 0 Å². The summed E-state index contributed by atoms with van der Waals surface area (Å²) in [7, 11) is 0. The van der Waals surface area contributed by atoms with Gasteiger partial charge in [0.2, 0.25) is 0 Å². The number of aliphatic hydroxyl groups is 1. The zero-order chi connectivity index (χ0) is 15.2. The molecule has 0 heterocycles. The minimum Gasteiger partial charge on any atom is -0.481 e. The molecule has 20 heavy (non-hydrogen) atoms. The Hall–Kier alpha value is -1.95. The van der Waals surface area contributed by atoms with Crippen molar-refractivity contribution in [3.8, 4) is 0 Å². The first kappa shape index (κ1) is 16.1. The summed E-state index contributed by atoms with van der Waals surface area (Å²) in [6, 6.07) is 8.26. The Balaban J connectivity index is 2.82. The molecule has 0 aliphatic heterocycles. The summed E-state index contributed by atoms with van der Waals surface area (Å²) in [5.41, 5.74) is -1.35. The standard InChI is InChI=1S/C14H18FNO4/c1-2-14(13(19)20,11(17)8-15)9-16-12(18)10-6-4-3-5-7-10/h3-7,11,17H,2,8-9H2,1H3,(H,16,18)(H,19,20)/t11-,14+/m1/s1. The lowest BCUT2D eigenvalue weighted by atomic mass is 9.79. The van der Waals surface area contributed by atoms with Crippen LogP contribution in [0.2, 0.25) is 0 Å². The van der Waals surface area contributed by atoms with E-state index in [0.717, 1.165) is 0 Å². The Morgan fingerprint density at radius 2 is 1.95 bits per heavy atom. The van der Waals surface area contributed by atoms with Crippen molar-refractivity contribution in [2.24, 2.45) is 5.41 Å². The molecule has 0 radical (unpaired) electrons. The molecule has 0 saturated carbocycles. The molecule has 3 N–H and O–H groups in total. The van der Waals surface area contributed by atoms with Gasteiger partial charge in [0.15, 0.2) is 0 Å². The minimum atomic E-state index is -1.72. The topological polar surface area (TPSA) is 86.6 Å². The van der Waals surface area contributed by atoms with Crippen molar-refractivity contribution in [3.05, 3.63) is 35.9 Å². The van der Waals surface area contributed by atoms with Gasteiger partial charge in [-0.05, 0) is 18.6 Å². The largest absolute Gasteiger partial charge is 0.481 e. The van der Waals surface area contributed by atoms with Crippen LogP contribution < -0.4 is 5.32 Å². The summed E-state index contributed by atoms with van der Waals surface area (Å²) >= 11 is 0. The van der Waals surface area contributed by atoms with E-state index in [9.17, 15) is 24.2 Å². The zero-order valence-electron chi connectivity index (χ0n) is 11.2. The third-order valence-corrected chi connectivity index (χ3v) is 3.44. The van der Waals surface area contributed by atoms with E-state index in [0.29, 0.717) is 5.56 Å². The molecule has 0 aliphatic rings. The summed E-state index contributed by atoms with van der Waals surface area (Å²) in [4.78, 5) is 23.2. The monoisotopic (exact) mass is 283 g/mol. The number of alkyl halides is 1. The fraction of sp³-hybridized carbons (Fsp3) is 0.429. The van der Waals surface area contributed by atoms with Crippen LogP contribution in [-0.2, 0) is 4.79 Å². The number of nitrogens with one attached hydrogen (secondary N) is 1. The van der Waals surface area contributed by atoms with E-state index in [2.05, 4.69) is 5.32 Å². The average Bonchev–Trinajstić information content (AvgIpc) is 2.48. The molecule has 1 aromatic rings. The normalized spacial score (nSPS) is 15.2. The Labute approximate surface area is 116 Å². The maximum Gasteiger partial charge on any atom is 0.314 e. The van der Waals surface area contributed by atoms with Crippen molar-refractivity contribution < 1.29 is 24.2 Å². The van der Waals surface area contributed by atoms with Crippen LogP contribution in [0.25, 0.3) is 0 Å². The second-order valence-electron chi connectivity index (χ2n) is 4.53. The second kappa shape index (κ2) is 7.00. The van der Waals surface area contributed by atoms with Crippen LogP contribution in [0, 0.1) is 5.41 Å². The van der Waals surface area contributed by atoms with E-state index >= 15 is 0 Å². The SMILES string of the molecule is CC[C@@](CNC(=O)c1ccccc1)(C(=O)O)[C@H](O)CF. The van der Waals surface area contributed by atoms with Crippen LogP contribution in [0.3, 0.4) is 0 Å². The molecule has 1 amide bonds. The van der Waals surface area contributed by atoms with Gasteiger partial charge in [-0.3, -0.25) is 9.59 Å². The highest BCUT2D eigenvalue weighted by atomic mass is 19.1. The van der Waals surface area contributed by atoms with Crippen molar-refractivity contribution in [1.82, 2.24) is 5.32 Å². The summed E-state index contributed by atoms with van der Waals surface area (Å²) in [5, 5.41) is 21.3. The Morgan fingerprint density at radius 3 is 2.40 bits per heavy atom. The number of carboxylic acids is 1. The van der Waals surface area contributed by atoms with Gasteiger partial charge in [0.25, 0.3) is 5.91 Å². The third-order valence-electron chi connectivity index (χ3n) is 3.44. The van der Waals surface area contributed by atoms with Gasteiger partial charge in [-0.15, -0.1) is 0 Å². The number of aliphatic hydroxyl groups excluding tert-OH is 1. The molecule has 0 aromatic heterocycles. The fourth-order valence-electron chi connectivity index (χ4n) is 1.93. The number of hydrogen-bond donors (Lipinski definition) is 3. The van der Waals surface area contributed by atoms with Gasteiger partial charge >= 0.3 is 5.97 Å². The predicted molar refractivity (Wildman–Crippen MR) is 71.1 cm³/mol. The summed E-state index contributed by atoms with van der Waals surface area (Å²) in [6.45, 7) is 0.0146. The smallest absolute Gasteiger partial charge is 0.314 e. The van der Waals surface area contributed by atoms with Crippen LogP contribution in [-0.4, -0.2) is 41.4 Å². The molecule has 5 nitrogen and oxygen atoms in total. The van der Waals surface area contributed by atoms with Crippen molar-refractivity contribution in [1.29, 1.82) is 0 Å². The molecule has 0 fully saturated rings. The van der Waals surface area contributed by atoms with Crippen molar-refractivity contribution in [2.45, 2.75) is 19.4 Å². The molecule has 2 atom stereocenters. The molecular weight excluding hydrogens is 265 g/mol. The Kier molecular flexibility index (Phi) is 5.64. The maximum absolute atomic E-state index is 12.7. The van der Waals surface area contributed by atoms with Gasteiger partial charge in [0, 0.05) is 12.1 Å². The highest BCUT2D eigenvalue weighted by molar-refractivity contribution is 5.94. The van der Waals surface area contributed by atoms with Crippen LogP contribution in [0.4, 0.5) is 4.39 Å². The molecule has 0 aliphatic carbocycles. The van der Waals surface area contributed by atoms with E-state index in [1.807, 2.05) is 0 Å². The number of carboxylic acid groups (broad SMARTS) is 1. The lowest BCUT2D eigenvalue weighted by molar-refractivity contribution is -0.157. The number of amides is 1. The molecule has 6 heteroatoms. The number of rotatable bonds is 7. The number of hydrogen-bond acceptors (Lipinski definition) is 3. The van der Waals surface area contributed by atoms with E-state index in [1.165, 1.54) is 6.92 Å². The van der Waals surface area contributed by atoms with Crippen molar-refractivity contribution >= 4 is 11.9 Å².